The highest BCUT2D eigenvalue weighted by Crippen LogP contribution is 2.63. The van der Waals surface area contributed by atoms with Gasteiger partial charge in [0.2, 0.25) is 0 Å². The van der Waals surface area contributed by atoms with E-state index < -0.39 is 6.10 Å². The van der Waals surface area contributed by atoms with Gasteiger partial charge in [0.05, 0.1) is 12.2 Å². The van der Waals surface area contributed by atoms with Gasteiger partial charge in [-0.25, -0.2) is 0 Å². The molecule has 0 aromatic heterocycles. The Morgan fingerprint density at radius 2 is 1.90 bits per heavy atom. The van der Waals surface area contributed by atoms with Crippen LogP contribution < -0.4 is 5.32 Å². The van der Waals surface area contributed by atoms with Gasteiger partial charge in [0.25, 0.3) is 0 Å². The number of hydrogen-bond donors (Lipinski definition) is 3. The molecule has 7 atom stereocenters. The van der Waals surface area contributed by atoms with Crippen LogP contribution in [0.3, 0.4) is 0 Å². The molecule has 3 heteroatoms. The molecule has 7 unspecified atom stereocenters. The van der Waals surface area contributed by atoms with Gasteiger partial charge >= 0.3 is 0 Å². The van der Waals surface area contributed by atoms with Crippen molar-refractivity contribution >= 4 is 5.69 Å². The number of allylic oxidation sites excluding steroid dienone is 1. The molecule has 3 aliphatic carbocycles. The van der Waals surface area contributed by atoms with Gasteiger partial charge in [-0.3, -0.25) is 0 Å². The third-order valence-corrected chi connectivity index (χ3v) is 9.34. The maximum atomic E-state index is 11.1. The van der Waals surface area contributed by atoms with Gasteiger partial charge < -0.3 is 15.5 Å². The molecule has 0 amide bonds. The smallest absolute Gasteiger partial charge is 0.0621 e. The first-order valence-electron chi connectivity index (χ1n) is 12.1. The molecule has 0 saturated heterocycles. The quantitative estimate of drug-likeness (QED) is 0.544. The lowest BCUT2D eigenvalue weighted by Crippen LogP contribution is -2.52. The monoisotopic (exact) mass is 411 g/mol. The lowest BCUT2D eigenvalue weighted by molar-refractivity contribution is -0.119. The first-order chi connectivity index (χ1) is 14.2. The maximum absolute atomic E-state index is 11.1. The van der Waals surface area contributed by atoms with E-state index in [2.05, 4.69) is 56.9 Å². The number of hydrogen-bond acceptors (Lipinski definition) is 3. The van der Waals surface area contributed by atoms with Crippen LogP contribution in [0.4, 0.5) is 5.69 Å². The molecule has 1 aromatic rings. The summed E-state index contributed by atoms with van der Waals surface area (Å²) in [4.78, 5) is 0. The summed E-state index contributed by atoms with van der Waals surface area (Å²) in [7, 11) is 0. The summed E-state index contributed by atoms with van der Waals surface area (Å²) in [6.07, 6.45) is 7.48. The van der Waals surface area contributed by atoms with Crippen LogP contribution in [-0.2, 0) is 0 Å². The molecule has 4 rings (SSSR count). The van der Waals surface area contributed by atoms with E-state index in [1.165, 1.54) is 36.1 Å². The first kappa shape index (κ1) is 21.9. The van der Waals surface area contributed by atoms with Crippen LogP contribution >= 0.6 is 0 Å². The Balaban J connectivity index is 1.55. The molecule has 0 heterocycles. The Bertz CT molecular complexity index is 776. The molecule has 0 aliphatic heterocycles. The molecule has 1 aromatic carbocycles. The minimum atomic E-state index is -0.396. The van der Waals surface area contributed by atoms with Crippen molar-refractivity contribution in [3.05, 3.63) is 42.0 Å². The fourth-order valence-electron chi connectivity index (χ4n) is 7.28. The average Bonchev–Trinajstić information content (AvgIpc) is 3.00. The van der Waals surface area contributed by atoms with Gasteiger partial charge in [0, 0.05) is 12.2 Å². The second kappa shape index (κ2) is 8.31. The number of benzene rings is 1. The Hall–Kier alpha value is -1.32. The van der Waals surface area contributed by atoms with Crippen molar-refractivity contribution in [2.24, 2.45) is 28.6 Å². The first-order valence-corrected chi connectivity index (χ1v) is 12.1. The Morgan fingerprint density at radius 1 is 1.10 bits per heavy atom. The minimum absolute atomic E-state index is 0.0848. The summed E-state index contributed by atoms with van der Waals surface area (Å²) >= 11 is 0. The zero-order valence-corrected chi connectivity index (χ0v) is 19.2. The van der Waals surface area contributed by atoms with Crippen molar-refractivity contribution in [2.75, 3.05) is 11.9 Å². The SMILES string of the molecule is C=C1CCC2C(CCNc3cccc(C)c3)C(C3(C)CCC(O)CC3O)CCC12C. The van der Waals surface area contributed by atoms with Gasteiger partial charge in [-0.2, -0.15) is 0 Å². The highest BCUT2D eigenvalue weighted by atomic mass is 16.3. The predicted molar refractivity (Wildman–Crippen MR) is 124 cm³/mol. The van der Waals surface area contributed by atoms with Crippen LogP contribution in [-0.4, -0.2) is 29.0 Å². The summed E-state index contributed by atoms with van der Waals surface area (Å²) in [5.74, 6) is 1.78. The molecule has 3 N–H and O–H groups in total. The lowest BCUT2D eigenvalue weighted by atomic mass is 9.50. The molecule has 30 heavy (non-hydrogen) atoms. The van der Waals surface area contributed by atoms with Crippen molar-refractivity contribution < 1.29 is 10.2 Å². The van der Waals surface area contributed by atoms with Gasteiger partial charge in [-0.05, 0) is 105 Å². The number of aryl methyl sites for hydroxylation is 1. The highest BCUT2D eigenvalue weighted by Gasteiger charge is 2.56. The fraction of sp³-hybridized carbons (Fsp3) is 0.704. The number of nitrogens with one attached hydrogen (secondary N) is 1. The number of anilines is 1. The van der Waals surface area contributed by atoms with E-state index in [0.29, 0.717) is 24.2 Å². The largest absolute Gasteiger partial charge is 0.393 e. The van der Waals surface area contributed by atoms with E-state index >= 15 is 0 Å². The maximum Gasteiger partial charge on any atom is 0.0621 e. The Kier molecular flexibility index (Phi) is 6.07. The van der Waals surface area contributed by atoms with Crippen molar-refractivity contribution in [2.45, 2.75) is 84.3 Å². The normalized spacial score (nSPS) is 41.5. The molecule has 3 aliphatic rings. The number of fused-ring (bicyclic) bond motifs is 1. The Morgan fingerprint density at radius 3 is 2.63 bits per heavy atom. The van der Waals surface area contributed by atoms with E-state index in [0.717, 1.165) is 32.2 Å². The van der Waals surface area contributed by atoms with Crippen LogP contribution in [0.25, 0.3) is 0 Å². The second-order valence-electron chi connectivity index (χ2n) is 11.0. The summed E-state index contributed by atoms with van der Waals surface area (Å²) in [6, 6.07) is 8.62. The van der Waals surface area contributed by atoms with Crippen LogP contribution in [0, 0.1) is 35.5 Å². The van der Waals surface area contributed by atoms with E-state index in [1.807, 2.05) is 0 Å². The number of aliphatic hydroxyl groups excluding tert-OH is 2. The van der Waals surface area contributed by atoms with Crippen LogP contribution in [0.15, 0.2) is 36.4 Å². The summed E-state index contributed by atoms with van der Waals surface area (Å²) in [5, 5.41) is 24.8. The third kappa shape index (κ3) is 3.84. The van der Waals surface area contributed by atoms with E-state index in [9.17, 15) is 10.2 Å². The van der Waals surface area contributed by atoms with Crippen LogP contribution in [0.1, 0.15) is 70.8 Å². The van der Waals surface area contributed by atoms with Gasteiger partial charge in [-0.1, -0.05) is 38.1 Å². The minimum Gasteiger partial charge on any atom is -0.393 e. The average molecular weight is 412 g/mol. The molecule has 0 radical (unpaired) electrons. The van der Waals surface area contributed by atoms with Gasteiger partial charge in [0.1, 0.15) is 0 Å². The van der Waals surface area contributed by atoms with Crippen LogP contribution in [0.5, 0.6) is 0 Å². The third-order valence-electron chi connectivity index (χ3n) is 9.34. The molecule has 3 nitrogen and oxygen atoms in total. The van der Waals surface area contributed by atoms with Gasteiger partial charge in [-0.15, -0.1) is 0 Å². The molecule has 0 bridgehead atoms. The standard InChI is InChI=1S/C27H41NO2/c1-18-6-5-7-20(16-18)28-15-12-22-23-9-8-19(2)26(23,3)14-11-24(22)27(4)13-10-21(29)17-25(27)30/h5-7,16,21-25,28-30H,2,8-15,17H2,1,3-4H3. The second-order valence-corrected chi connectivity index (χ2v) is 11.0. The van der Waals surface area contributed by atoms with Crippen molar-refractivity contribution in [3.63, 3.8) is 0 Å². The zero-order chi connectivity index (χ0) is 21.5. The van der Waals surface area contributed by atoms with Crippen molar-refractivity contribution in [1.82, 2.24) is 0 Å². The van der Waals surface area contributed by atoms with E-state index in [-0.39, 0.29) is 16.9 Å². The number of aliphatic hydroxyl groups is 2. The van der Waals surface area contributed by atoms with Crippen LogP contribution in [0.2, 0.25) is 0 Å². The molecular formula is C27H41NO2. The van der Waals surface area contributed by atoms with Crippen molar-refractivity contribution in [3.8, 4) is 0 Å². The summed E-state index contributed by atoms with van der Waals surface area (Å²) in [6.45, 7) is 12.3. The molecular weight excluding hydrogens is 370 g/mol. The summed E-state index contributed by atoms with van der Waals surface area (Å²) in [5.41, 5.74) is 4.12. The Labute approximate surface area is 183 Å². The fourth-order valence-corrected chi connectivity index (χ4v) is 7.28. The topological polar surface area (TPSA) is 52.5 Å². The molecule has 3 saturated carbocycles. The highest BCUT2D eigenvalue weighted by molar-refractivity contribution is 5.45. The van der Waals surface area contributed by atoms with Gasteiger partial charge in [0.15, 0.2) is 0 Å². The molecule has 166 valence electrons. The van der Waals surface area contributed by atoms with Crippen molar-refractivity contribution in [1.29, 1.82) is 0 Å². The molecule has 0 spiro atoms. The van der Waals surface area contributed by atoms with E-state index in [1.54, 1.807) is 0 Å². The molecule has 3 fully saturated rings. The number of rotatable bonds is 5. The zero-order valence-electron chi connectivity index (χ0n) is 19.2. The summed E-state index contributed by atoms with van der Waals surface area (Å²) < 4.78 is 0. The lowest BCUT2D eigenvalue weighted by Gasteiger charge is -2.55. The predicted octanol–water partition coefficient (Wildman–Crippen LogP) is 5.71. The van der Waals surface area contributed by atoms with E-state index in [4.69, 9.17) is 0 Å².